The van der Waals surface area contributed by atoms with Crippen LogP contribution in [0.5, 0.6) is 0 Å². The van der Waals surface area contributed by atoms with Gasteiger partial charge in [0, 0.05) is 46.4 Å². The molecule has 0 aliphatic carbocycles. The molecule has 1 heterocycles. The van der Waals surface area contributed by atoms with Crippen LogP contribution in [0.4, 0.5) is 0 Å². The summed E-state index contributed by atoms with van der Waals surface area (Å²) in [6.07, 6.45) is 6.00. The van der Waals surface area contributed by atoms with Crippen LogP contribution in [0.25, 0.3) is 0 Å². The van der Waals surface area contributed by atoms with Crippen LogP contribution in [0.1, 0.15) is 37.7 Å². The molecule has 1 atom stereocenters. The monoisotopic (exact) mass is 474 g/mol. The van der Waals surface area contributed by atoms with Gasteiger partial charge in [-0.05, 0) is 44.2 Å². The lowest BCUT2D eigenvalue weighted by Gasteiger charge is -2.25. The quantitative estimate of drug-likeness (QED) is 0.237. The Morgan fingerprint density at radius 2 is 2.00 bits per heavy atom. The fraction of sp³-hybridized carbons (Fsp3) is 0.650. The molecular weight excluding hydrogens is 439 g/mol. The maximum atomic E-state index is 5.08. The Morgan fingerprint density at radius 3 is 2.73 bits per heavy atom. The average molecular weight is 474 g/mol. The third kappa shape index (κ3) is 8.68. The van der Waals surface area contributed by atoms with Crippen molar-refractivity contribution in [3.63, 3.8) is 0 Å². The lowest BCUT2D eigenvalue weighted by atomic mass is 10.2. The van der Waals surface area contributed by atoms with E-state index >= 15 is 0 Å². The van der Waals surface area contributed by atoms with Crippen molar-refractivity contribution in [3.05, 3.63) is 35.9 Å². The molecule has 1 aliphatic heterocycles. The fourth-order valence-electron chi connectivity index (χ4n) is 3.34. The van der Waals surface area contributed by atoms with Crippen molar-refractivity contribution in [1.82, 2.24) is 15.5 Å². The summed E-state index contributed by atoms with van der Waals surface area (Å²) in [5, 5.41) is 6.92. The lowest BCUT2D eigenvalue weighted by Crippen LogP contribution is -2.44. The molecule has 6 heteroatoms. The van der Waals surface area contributed by atoms with Crippen LogP contribution in [0, 0.1) is 0 Å². The second-order valence-corrected chi connectivity index (χ2v) is 6.69. The Labute approximate surface area is 176 Å². The van der Waals surface area contributed by atoms with Gasteiger partial charge < -0.3 is 15.4 Å². The van der Waals surface area contributed by atoms with E-state index in [0.29, 0.717) is 6.04 Å². The van der Waals surface area contributed by atoms with E-state index in [1.165, 1.54) is 31.4 Å². The van der Waals surface area contributed by atoms with E-state index in [-0.39, 0.29) is 24.0 Å². The van der Waals surface area contributed by atoms with Crippen LogP contribution < -0.4 is 10.6 Å². The first-order valence-electron chi connectivity index (χ1n) is 9.55. The second-order valence-electron chi connectivity index (χ2n) is 6.69. The zero-order valence-corrected chi connectivity index (χ0v) is 18.6. The molecule has 1 aromatic carbocycles. The summed E-state index contributed by atoms with van der Waals surface area (Å²) in [4.78, 5) is 6.93. The van der Waals surface area contributed by atoms with Crippen molar-refractivity contribution < 1.29 is 4.74 Å². The van der Waals surface area contributed by atoms with Crippen molar-refractivity contribution in [3.8, 4) is 0 Å². The van der Waals surface area contributed by atoms with Crippen LogP contribution in [-0.2, 0) is 11.3 Å². The molecular formula is C20H35IN4O. The minimum absolute atomic E-state index is 0. The highest BCUT2D eigenvalue weighted by molar-refractivity contribution is 14.0. The number of aliphatic imine (C=N–C) groups is 1. The number of methoxy groups -OCH3 is 1. The predicted octanol–water partition coefficient (Wildman–Crippen LogP) is 3.25. The number of hydrogen-bond acceptors (Lipinski definition) is 3. The average Bonchev–Trinajstić information content (AvgIpc) is 3.08. The normalized spacial score (nSPS) is 17.8. The summed E-state index contributed by atoms with van der Waals surface area (Å²) < 4.78 is 5.08. The highest BCUT2D eigenvalue weighted by Crippen LogP contribution is 2.19. The molecule has 1 fully saturated rings. The number of halogens is 1. The molecule has 0 radical (unpaired) electrons. The first kappa shape index (κ1) is 23.2. The molecule has 1 saturated heterocycles. The Balaban J connectivity index is 0.00000338. The Bertz CT molecular complexity index is 498. The van der Waals surface area contributed by atoms with Gasteiger partial charge in [0.1, 0.15) is 0 Å². The van der Waals surface area contributed by atoms with E-state index in [9.17, 15) is 0 Å². The Morgan fingerprint density at radius 1 is 1.19 bits per heavy atom. The molecule has 0 aromatic heterocycles. The summed E-state index contributed by atoms with van der Waals surface area (Å²) in [5.74, 6) is 0.915. The molecule has 2 N–H and O–H groups in total. The van der Waals surface area contributed by atoms with Crippen molar-refractivity contribution in [2.45, 2.75) is 44.7 Å². The molecule has 1 aromatic rings. The first-order chi connectivity index (χ1) is 12.3. The van der Waals surface area contributed by atoms with Crippen molar-refractivity contribution in [1.29, 1.82) is 0 Å². The van der Waals surface area contributed by atoms with Gasteiger partial charge in [0.05, 0.1) is 0 Å². The summed E-state index contributed by atoms with van der Waals surface area (Å²) in [5.41, 5.74) is 1.40. The zero-order chi connectivity index (χ0) is 17.7. The van der Waals surface area contributed by atoms with Crippen LogP contribution in [-0.4, -0.2) is 57.3 Å². The second kappa shape index (κ2) is 14.2. The van der Waals surface area contributed by atoms with Crippen LogP contribution in [0.2, 0.25) is 0 Å². The largest absolute Gasteiger partial charge is 0.385 e. The molecule has 0 spiro atoms. The zero-order valence-electron chi connectivity index (χ0n) is 16.2. The van der Waals surface area contributed by atoms with E-state index in [1.54, 1.807) is 7.11 Å². The molecule has 26 heavy (non-hydrogen) atoms. The van der Waals surface area contributed by atoms with E-state index in [2.05, 4.69) is 50.9 Å². The van der Waals surface area contributed by atoms with E-state index < -0.39 is 0 Å². The van der Waals surface area contributed by atoms with Crippen molar-refractivity contribution in [2.24, 2.45) is 4.99 Å². The predicted molar refractivity (Wildman–Crippen MR) is 120 cm³/mol. The smallest absolute Gasteiger partial charge is 0.191 e. The minimum atomic E-state index is 0. The number of guanidine groups is 1. The lowest BCUT2D eigenvalue weighted by molar-refractivity contribution is 0.192. The third-order valence-corrected chi connectivity index (χ3v) is 4.77. The number of likely N-dealkylation sites (tertiary alicyclic amines) is 1. The minimum Gasteiger partial charge on any atom is -0.385 e. The van der Waals surface area contributed by atoms with Crippen molar-refractivity contribution in [2.75, 3.05) is 40.4 Å². The molecule has 148 valence electrons. The summed E-state index contributed by atoms with van der Waals surface area (Å²) in [6, 6.07) is 11.3. The van der Waals surface area contributed by atoms with Crippen LogP contribution >= 0.6 is 24.0 Å². The van der Waals surface area contributed by atoms with E-state index in [4.69, 9.17) is 4.74 Å². The molecule has 0 saturated carbocycles. The van der Waals surface area contributed by atoms with Gasteiger partial charge in [0.2, 0.25) is 0 Å². The summed E-state index contributed by atoms with van der Waals surface area (Å²) in [7, 11) is 3.60. The Kier molecular flexibility index (Phi) is 12.7. The van der Waals surface area contributed by atoms with Gasteiger partial charge in [-0.1, -0.05) is 30.3 Å². The SMILES string of the molecule is CN=C(NCCCCCOC)NCC1CCCN1Cc1ccccc1.I. The maximum absolute atomic E-state index is 5.08. The van der Waals surface area contributed by atoms with Gasteiger partial charge in [0.15, 0.2) is 5.96 Å². The topological polar surface area (TPSA) is 48.9 Å². The number of ether oxygens (including phenoxy) is 1. The number of hydrogen-bond donors (Lipinski definition) is 2. The molecule has 1 unspecified atom stereocenters. The number of nitrogens with zero attached hydrogens (tertiary/aromatic N) is 2. The van der Waals surface area contributed by atoms with Gasteiger partial charge in [-0.3, -0.25) is 9.89 Å². The number of rotatable bonds is 10. The molecule has 0 amide bonds. The molecule has 0 bridgehead atoms. The summed E-state index contributed by atoms with van der Waals surface area (Å²) in [6.45, 7) is 5.00. The number of benzene rings is 1. The summed E-state index contributed by atoms with van der Waals surface area (Å²) >= 11 is 0. The van der Waals surface area contributed by atoms with Gasteiger partial charge in [-0.2, -0.15) is 0 Å². The van der Waals surface area contributed by atoms with Gasteiger partial charge in [-0.25, -0.2) is 0 Å². The maximum Gasteiger partial charge on any atom is 0.191 e. The van der Waals surface area contributed by atoms with Crippen LogP contribution in [0.3, 0.4) is 0 Å². The van der Waals surface area contributed by atoms with Crippen LogP contribution in [0.15, 0.2) is 35.3 Å². The molecule has 1 aliphatic rings. The highest BCUT2D eigenvalue weighted by atomic mass is 127. The third-order valence-electron chi connectivity index (χ3n) is 4.77. The molecule has 5 nitrogen and oxygen atoms in total. The number of nitrogens with one attached hydrogen (secondary N) is 2. The first-order valence-corrected chi connectivity index (χ1v) is 9.55. The van der Waals surface area contributed by atoms with Gasteiger partial charge in [-0.15, -0.1) is 24.0 Å². The Hall–Kier alpha value is -0.860. The number of unbranched alkanes of at least 4 members (excludes halogenated alkanes) is 2. The standard InChI is InChI=1S/C20H34N4O.HI/c1-21-20(22-13-7-4-8-15-25-2)23-16-19-12-9-14-24(19)17-18-10-5-3-6-11-18;/h3,5-6,10-11,19H,4,7-9,12-17H2,1-2H3,(H2,21,22,23);1H. The van der Waals surface area contributed by atoms with Crippen molar-refractivity contribution >= 4 is 29.9 Å². The van der Waals surface area contributed by atoms with Gasteiger partial charge >= 0.3 is 0 Å². The fourth-order valence-corrected chi connectivity index (χ4v) is 3.34. The molecule has 2 rings (SSSR count). The van der Waals surface area contributed by atoms with Gasteiger partial charge in [0.25, 0.3) is 0 Å². The van der Waals surface area contributed by atoms with E-state index in [1.807, 2.05) is 7.05 Å². The highest BCUT2D eigenvalue weighted by Gasteiger charge is 2.24. The van der Waals surface area contributed by atoms with E-state index in [0.717, 1.165) is 45.0 Å².